The van der Waals surface area contributed by atoms with E-state index in [1.54, 1.807) is 0 Å². The van der Waals surface area contributed by atoms with E-state index in [4.69, 9.17) is 5.73 Å². The molecule has 0 saturated carbocycles. The number of benzene rings is 1. The summed E-state index contributed by atoms with van der Waals surface area (Å²) in [6.45, 7) is 3.76. The molecule has 126 valence electrons. The maximum absolute atomic E-state index is 12.3. The molecule has 0 heterocycles. The Balaban J connectivity index is 0.00000441. The van der Waals surface area contributed by atoms with Crippen molar-refractivity contribution >= 4 is 28.1 Å². The number of hydrogen-bond donors (Lipinski definition) is 2. The summed E-state index contributed by atoms with van der Waals surface area (Å²) in [6, 6.07) is 3.36. The first-order valence-electron chi connectivity index (χ1n) is 6.79. The number of halogens is 1. The van der Waals surface area contributed by atoms with Gasteiger partial charge in [-0.05, 0) is 25.0 Å². The topological polar surface area (TPSA) is 115 Å². The first-order valence-corrected chi connectivity index (χ1v) is 8.27. The van der Waals surface area contributed by atoms with E-state index in [1.807, 2.05) is 6.92 Å². The third-order valence-corrected chi connectivity index (χ3v) is 4.85. The van der Waals surface area contributed by atoms with Gasteiger partial charge in [0.1, 0.15) is 0 Å². The van der Waals surface area contributed by atoms with Crippen molar-refractivity contribution < 1.29 is 13.3 Å². The highest BCUT2D eigenvalue weighted by Gasteiger charge is 2.22. The van der Waals surface area contributed by atoms with Gasteiger partial charge in [0.05, 0.1) is 9.82 Å². The number of rotatable bonds is 8. The van der Waals surface area contributed by atoms with E-state index < -0.39 is 14.9 Å². The molecule has 1 rings (SSSR count). The maximum atomic E-state index is 12.3. The Hall–Kier alpha value is -1.22. The Bertz CT molecular complexity index is 607. The highest BCUT2D eigenvalue weighted by molar-refractivity contribution is 7.89. The van der Waals surface area contributed by atoms with Crippen LogP contribution in [0.25, 0.3) is 0 Å². The fourth-order valence-corrected chi connectivity index (χ4v) is 3.52. The fourth-order valence-electron chi connectivity index (χ4n) is 2.01. The number of hydrogen-bond acceptors (Lipinski definition) is 5. The normalized spacial score (nSPS) is 12.5. The lowest BCUT2D eigenvalue weighted by Gasteiger charge is -2.17. The van der Waals surface area contributed by atoms with Crippen molar-refractivity contribution in [3.05, 3.63) is 33.9 Å². The second-order valence-electron chi connectivity index (χ2n) is 4.90. The van der Waals surface area contributed by atoms with Crippen LogP contribution in [0.15, 0.2) is 23.1 Å². The predicted octanol–water partition coefficient (Wildman–Crippen LogP) is 2.12. The molecule has 0 aliphatic heterocycles. The number of nitrogens with two attached hydrogens (primary N) is 1. The van der Waals surface area contributed by atoms with Crippen molar-refractivity contribution in [2.75, 3.05) is 6.54 Å². The van der Waals surface area contributed by atoms with E-state index in [-0.39, 0.29) is 35.6 Å². The molecule has 9 heteroatoms. The van der Waals surface area contributed by atoms with E-state index in [9.17, 15) is 18.5 Å². The van der Waals surface area contributed by atoms with Crippen molar-refractivity contribution in [2.45, 2.75) is 44.0 Å². The van der Waals surface area contributed by atoms with Crippen LogP contribution in [-0.2, 0) is 10.0 Å². The summed E-state index contributed by atoms with van der Waals surface area (Å²) in [7, 11) is -3.73. The van der Waals surface area contributed by atoms with Crippen molar-refractivity contribution in [1.82, 2.24) is 4.72 Å². The summed E-state index contributed by atoms with van der Waals surface area (Å²) in [5.41, 5.74) is 5.79. The number of nitro benzene ring substituents is 1. The molecule has 1 aromatic carbocycles. The number of unbranched alkanes of at least 4 members (excludes halogenated alkanes) is 1. The highest BCUT2D eigenvalue weighted by atomic mass is 35.5. The Labute approximate surface area is 136 Å². The zero-order valence-electron chi connectivity index (χ0n) is 12.6. The molecule has 0 amide bonds. The van der Waals surface area contributed by atoms with E-state index in [2.05, 4.69) is 4.72 Å². The third kappa shape index (κ3) is 5.53. The van der Waals surface area contributed by atoms with Crippen LogP contribution in [0, 0.1) is 17.0 Å². The largest absolute Gasteiger partial charge is 0.329 e. The second kappa shape index (κ2) is 9.04. The summed E-state index contributed by atoms with van der Waals surface area (Å²) >= 11 is 0. The first kappa shape index (κ1) is 20.8. The van der Waals surface area contributed by atoms with Crippen LogP contribution in [0.2, 0.25) is 0 Å². The van der Waals surface area contributed by atoms with Crippen molar-refractivity contribution in [3.8, 4) is 0 Å². The first-order chi connectivity index (χ1) is 9.81. The minimum atomic E-state index is -3.73. The van der Waals surface area contributed by atoms with Gasteiger partial charge in [-0.15, -0.1) is 12.4 Å². The molecule has 0 radical (unpaired) electrons. The van der Waals surface area contributed by atoms with Crippen LogP contribution in [0.4, 0.5) is 5.69 Å². The standard InChI is InChI=1S/C13H21N3O4S.ClH/c1-3-4-5-11(9-14)15-21(19,20)13-7-6-12(16(17)18)8-10(13)2;/h6-8,11,15H,3-5,9,14H2,1-2H3;1H. The predicted molar refractivity (Wildman–Crippen MR) is 87.8 cm³/mol. The van der Waals surface area contributed by atoms with Crippen LogP contribution in [-0.4, -0.2) is 25.9 Å². The molecule has 0 spiro atoms. The molecule has 1 aromatic rings. The molecule has 0 aliphatic carbocycles. The van der Waals surface area contributed by atoms with Gasteiger partial charge in [-0.1, -0.05) is 19.8 Å². The third-order valence-electron chi connectivity index (χ3n) is 3.17. The van der Waals surface area contributed by atoms with Gasteiger partial charge in [-0.2, -0.15) is 0 Å². The number of nitrogens with one attached hydrogen (secondary N) is 1. The molecule has 0 aliphatic rings. The minimum Gasteiger partial charge on any atom is -0.329 e. The van der Waals surface area contributed by atoms with Crippen LogP contribution < -0.4 is 10.5 Å². The average Bonchev–Trinajstić information content (AvgIpc) is 2.42. The van der Waals surface area contributed by atoms with Gasteiger partial charge >= 0.3 is 0 Å². The molecular weight excluding hydrogens is 330 g/mol. The number of nitro groups is 1. The summed E-state index contributed by atoms with van der Waals surface area (Å²) in [6.07, 6.45) is 2.50. The number of non-ortho nitro benzene ring substituents is 1. The minimum absolute atomic E-state index is 0. The van der Waals surface area contributed by atoms with Gasteiger partial charge < -0.3 is 5.73 Å². The second-order valence-corrected chi connectivity index (χ2v) is 6.59. The van der Waals surface area contributed by atoms with Crippen LogP contribution >= 0.6 is 12.4 Å². The summed E-state index contributed by atoms with van der Waals surface area (Å²) in [4.78, 5) is 10.2. The Morgan fingerprint density at radius 1 is 1.41 bits per heavy atom. The van der Waals surface area contributed by atoms with E-state index in [1.165, 1.54) is 25.1 Å². The van der Waals surface area contributed by atoms with Gasteiger partial charge in [-0.25, -0.2) is 13.1 Å². The lowest BCUT2D eigenvalue weighted by molar-refractivity contribution is -0.385. The fraction of sp³-hybridized carbons (Fsp3) is 0.538. The maximum Gasteiger partial charge on any atom is 0.269 e. The quantitative estimate of drug-likeness (QED) is 0.549. The van der Waals surface area contributed by atoms with Crippen molar-refractivity contribution in [2.24, 2.45) is 5.73 Å². The molecule has 1 atom stereocenters. The zero-order valence-corrected chi connectivity index (χ0v) is 14.2. The van der Waals surface area contributed by atoms with Crippen LogP contribution in [0.5, 0.6) is 0 Å². The molecule has 22 heavy (non-hydrogen) atoms. The number of aryl methyl sites for hydroxylation is 1. The monoisotopic (exact) mass is 351 g/mol. The Morgan fingerprint density at radius 3 is 2.50 bits per heavy atom. The summed E-state index contributed by atoms with van der Waals surface area (Å²) < 4.78 is 27.2. The zero-order chi connectivity index (χ0) is 16.0. The van der Waals surface area contributed by atoms with Crippen molar-refractivity contribution in [3.63, 3.8) is 0 Å². The number of nitrogens with zero attached hydrogens (tertiary/aromatic N) is 1. The van der Waals surface area contributed by atoms with Gasteiger partial charge in [0.2, 0.25) is 10.0 Å². The van der Waals surface area contributed by atoms with Crippen LogP contribution in [0.3, 0.4) is 0 Å². The molecule has 0 saturated heterocycles. The van der Waals surface area contributed by atoms with E-state index in [0.29, 0.717) is 12.0 Å². The Morgan fingerprint density at radius 2 is 2.05 bits per heavy atom. The summed E-state index contributed by atoms with van der Waals surface area (Å²) in [5.74, 6) is 0. The average molecular weight is 352 g/mol. The smallest absolute Gasteiger partial charge is 0.269 e. The van der Waals surface area contributed by atoms with Crippen molar-refractivity contribution in [1.29, 1.82) is 0 Å². The van der Waals surface area contributed by atoms with E-state index in [0.717, 1.165) is 12.8 Å². The SMILES string of the molecule is CCCCC(CN)NS(=O)(=O)c1ccc([N+](=O)[O-])cc1C.Cl. The lowest BCUT2D eigenvalue weighted by Crippen LogP contribution is -2.40. The molecule has 7 nitrogen and oxygen atoms in total. The number of sulfonamides is 1. The molecule has 3 N–H and O–H groups in total. The molecule has 0 aromatic heterocycles. The lowest BCUT2D eigenvalue weighted by atomic mass is 10.1. The summed E-state index contributed by atoms with van der Waals surface area (Å²) in [5, 5.41) is 10.7. The van der Waals surface area contributed by atoms with Crippen LogP contribution in [0.1, 0.15) is 31.7 Å². The highest BCUT2D eigenvalue weighted by Crippen LogP contribution is 2.21. The molecule has 0 bridgehead atoms. The van der Waals surface area contributed by atoms with Gasteiger partial charge in [0.15, 0.2) is 0 Å². The van der Waals surface area contributed by atoms with Gasteiger partial charge in [0, 0.05) is 24.7 Å². The molecule has 1 unspecified atom stereocenters. The van der Waals surface area contributed by atoms with E-state index >= 15 is 0 Å². The van der Waals surface area contributed by atoms with Gasteiger partial charge in [-0.3, -0.25) is 10.1 Å². The molecular formula is C13H22ClN3O4S. The van der Waals surface area contributed by atoms with Gasteiger partial charge in [0.25, 0.3) is 5.69 Å². The molecule has 0 fully saturated rings. The Kier molecular flexibility index (Phi) is 8.54.